The van der Waals surface area contributed by atoms with Crippen LogP contribution in [-0.2, 0) is 17.8 Å². The number of hydrogen-bond acceptors (Lipinski definition) is 2. The van der Waals surface area contributed by atoms with Crippen molar-refractivity contribution < 1.29 is 4.79 Å². The monoisotopic (exact) mass is 397 g/mol. The topological polar surface area (TPSA) is 46.9 Å². The van der Waals surface area contributed by atoms with Crippen molar-refractivity contribution in [3.8, 4) is 0 Å². The van der Waals surface area contributed by atoms with Gasteiger partial charge in [-0.05, 0) is 43.0 Å². The standard InChI is InChI=1S/C23H28ClN3O/c1-2-10-23(28)25-16-9-3-4-15-22-26-20-13-7-8-14-21(20)27(22)17-18-11-5-6-12-19(18)24/h5-8,11-14H,2-4,9-10,15-17H2,1H3,(H,25,28). The number of aromatic nitrogens is 2. The highest BCUT2D eigenvalue weighted by Crippen LogP contribution is 2.22. The number of amides is 1. The smallest absolute Gasteiger partial charge is 0.219 e. The third-order valence-electron chi connectivity index (χ3n) is 4.90. The van der Waals surface area contributed by atoms with Gasteiger partial charge in [0, 0.05) is 24.4 Å². The first-order chi connectivity index (χ1) is 13.7. The van der Waals surface area contributed by atoms with Gasteiger partial charge in [-0.15, -0.1) is 0 Å². The summed E-state index contributed by atoms with van der Waals surface area (Å²) in [6.07, 6.45) is 5.55. The van der Waals surface area contributed by atoms with Gasteiger partial charge >= 0.3 is 0 Å². The van der Waals surface area contributed by atoms with Crippen LogP contribution in [0.5, 0.6) is 0 Å². The predicted molar refractivity (Wildman–Crippen MR) is 116 cm³/mol. The van der Waals surface area contributed by atoms with Crippen LogP contribution < -0.4 is 5.32 Å². The number of halogens is 1. The molecular weight excluding hydrogens is 370 g/mol. The lowest BCUT2D eigenvalue weighted by Gasteiger charge is -2.11. The molecule has 0 saturated carbocycles. The Labute approximate surface area is 171 Å². The van der Waals surface area contributed by atoms with E-state index in [1.165, 1.54) is 0 Å². The molecule has 0 saturated heterocycles. The quantitative estimate of drug-likeness (QED) is 0.467. The molecule has 148 valence electrons. The molecule has 1 aromatic heterocycles. The van der Waals surface area contributed by atoms with Crippen LogP contribution >= 0.6 is 11.6 Å². The summed E-state index contributed by atoms with van der Waals surface area (Å²) in [4.78, 5) is 16.4. The van der Waals surface area contributed by atoms with Crippen molar-refractivity contribution in [3.05, 3.63) is 64.9 Å². The lowest BCUT2D eigenvalue weighted by molar-refractivity contribution is -0.121. The van der Waals surface area contributed by atoms with Crippen LogP contribution in [0, 0.1) is 0 Å². The second-order valence-corrected chi connectivity index (χ2v) is 7.51. The lowest BCUT2D eigenvalue weighted by atomic mass is 10.1. The van der Waals surface area contributed by atoms with E-state index in [-0.39, 0.29) is 5.91 Å². The number of nitrogens with one attached hydrogen (secondary N) is 1. The zero-order chi connectivity index (χ0) is 19.8. The van der Waals surface area contributed by atoms with Crippen LogP contribution in [0.3, 0.4) is 0 Å². The van der Waals surface area contributed by atoms with Gasteiger partial charge in [0.25, 0.3) is 0 Å². The van der Waals surface area contributed by atoms with Gasteiger partial charge in [0.15, 0.2) is 0 Å². The summed E-state index contributed by atoms with van der Waals surface area (Å²) in [5.41, 5.74) is 3.27. The Hall–Kier alpha value is -2.33. The molecule has 0 aliphatic rings. The number of imidazole rings is 1. The number of para-hydroxylation sites is 2. The largest absolute Gasteiger partial charge is 0.356 e. The van der Waals surface area contributed by atoms with Crippen LogP contribution in [0.15, 0.2) is 48.5 Å². The van der Waals surface area contributed by atoms with E-state index in [0.717, 1.165) is 72.6 Å². The van der Waals surface area contributed by atoms with Crippen molar-refractivity contribution in [1.82, 2.24) is 14.9 Å². The normalized spacial score (nSPS) is 11.1. The minimum Gasteiger partial charge on any atom is -0.356 e. The highest BCUT2D eigenvalue weighted by molar-refractivity contribution is 6.31. The van der Waals surface area contributed by atoms with E-state index < -0.39 is 0 Å². The molecule has 0 fully saturated rings. The molecule has 0 radical (unpaired) electrons. The Bertz CT molecular complexity index is 919. The first-order valence-corrected chi connectivity index (χ1v) is 10.5. The SMILES string of the molecule is CCCC(=O)NCCCCCc1nc2ccccc2n1Cc1ccccc1Cl. The molecule has 3 rings (SSSR count). The van der Waals surface area contributed by atoms with Crippen molar-refractivity contribution in [3.63, 3.8) is 0 Å². The maximum absolute atomic E-state index is 11.5. The molecule has 28 heavy (non-hydrogen) atoms. The van der Waals surface area contributed by atoms with E-state index in [4.69, 9.17) is 16.6 Å². The number of hydrogen-bond donors (Lipinski definition) is 1. The van der Waals surface area contributed by atoms with Crippen molar-refractivity contribution >= 4 is 28.5 Å². The first kappa shape index (κ1) is 20.4. The van der Waals surface area contributed by atoms with Crippen molar-refractivity contribution in [2.45, 2.75) is 52.0 Å². The molecule has 0 aliphatic heterocycles. The minimum absolute atomic E-state index is 0.157. The average Bonchev–Trinajstić information content (AvgIpc) is 3.04. The molecule has 1 N–H and O–H groups in total. The summed E-state index contributed by atoms with van der Waals surface area (Å²) in [5, 5.41) is 3.77. The number of carbonyl (C=O) groups is 1. The molecule has 2 aromatic carbocycles. The van der Waals surface area contributed by atoms with Crippen molar-refractivity contribution in [1.29, 1.82) is 0 Å². The fourth-order valence-electron chi connectivity index (χ4n) is 3.42. The minimum atomic E-state index is 0.157. The van der Waals surface area contributed by atoms with Gasteiger partial charge in [-0.1, -0.05) is 55.3 Å². The van der Waals surface area contributed by atoms with E-state index in [1.54, 1.807) is 0 Å². The molecule has 1 amide bonds. The second kappa shape index (κ2) is 10.3. The summed E-state index contributed by atoms with van der Waals surface area (Å²) >= 11 is 6.39. The van der Waals surface area contributed by atoms with E-state index in [1.807, 2.05) is 31.2 Å². The molecule has 4 nitrogen and oxygen atoms in total. The van der Waals surface area contributed by atoms with E-state index >= 15 is 0 Å². The summed E-state index contributed by atoms with van der Waals surface area (Å²) in [6.45, 7) is 3.51. The third kappa shape index (κ3) is 5.35. The Morgan fingerprint density at radius 3 is 2.68 bits per heavy atom. The number of nitrogens with zero attached hydrogens (tertiary/aromatic N) is 2. The molecular formula is C23H28ClN3O. The fourth-order valence-corrected chi connectivity index (χ4v) is 3.61. The third-order valence-corrected chi connectivity index (χ3v) is 5.27. The second-order valence-electron chi connectivity index (χ2n) is 7.10. The predicted octanol–water partition coefficient (Wildman–Crippen LogP) is 5.37. The summed E-state index contributed by atoms with van der Waals surface area (Å²) in [5.74, 6) is 1.25. The van der Waals surface area contributed by atoms with Gasteiger partial charge < -0.3 is 9.88 Å². The maximum atomic E-state index is 11.5. The molecule has 0 atom stereocenters. The molecule has 3 aromatic rings. The average molecular weight is 398 g/mol. The molecule has 0 aliphatic carbocycles. The van der Waals surface area contributed by atoms with Crippen LogP contribution in [0.2, 0.25) is 5.02 Å². The first-order valence-electron chi connectivity index (χ1n) is 10.1. The number of fused-ring (bicyclic) bond motifs is 1. The Balaban J connectivity index is 1.63. The number of unbranched alkanes of at least 4 members (excludes halogenated alkanes) is 2. The Kier molecular flexibility index (Phi) is 7.49. The molecule has 0 unspecified atom stereocenters. The highest BCUT2D eigenvalue weighted by Gasteiger charge is 2.12. The fraction of sp³-hybridized carbons (Fsp3) is 0.391. The van der Waals surface area contributed by atoms with E-state index in [0.29, 0.717) is 6.42 Å². The Morgan fingerprint density at radius 2 is 1.86 bits per heavy atom. The zero-order valence-corrected chi connectivity index (χ0v) is 17.2. The molecule has 0 spiro atoms. The van der Waals surface area contributed by atoms with Gasteiger partial charge in [-0.2, -0.15) is 0 Å². The molecule has 0 bridgehead atoms. The zero-order valence-electron chi connectivity index (χ0n) is 16.5. The van der Waals surface area contributed by atoms with Crippen LogP contribution in [0.4, 0.5) is 0 Å². The van der Waals surface area contributed by atoms with Gasteiger partial charge in [-0.25, -0.2) is 4.98 Å². The van der Waals surface area contributed by atoms with E-state index in [2.05, 4.69) is 34.1 Å². The summed E-state index contributed by atoms with van der Waals surface area (Å²) in [6, 6.07) is 16.2. The summed E-state index contributed by atoms with van der Waals surface area (Å²) in [7, 11) is 0. The van der Waals surface area contributed by atoms with Gasteiger partial charge in [0.1, 0.15) is 5.82 Å². The lowest BCUT2D eigenvalue weighted by Crippen LogP contribution is -2.23. The maximum Gasteiger partial charge on any atom is 0.219 e. The molecule has 1 heterocycles. The van der Waals surface area contributed by atoms with E-state index in [9.17, 15) is 4.79 Å². The van der Waals surface area contributed by atoms with Gasteiger partial charge in [0.2, 0.25) is 5.91 Å². The summed E-state index contributed by atoms with van der Waals surface area (Å²) < 4.78 is 2.28. The molecule has 5 heteroatoms. The van der Waals surface area contributed by atoms with Crippen LogP contribution in [-0.4, -0.2) is 22.0 Å². The number of aryl methyl sites for hydroxylation is 1. The van der Waals surface area contributed by atoms with Gasteiger partial charge in [0.05, 0.1) is 17.6 Å². The number of carbonyl (C=O) groups excluding carboxylic acids is 1. The Morgan fingerprint density at radius 1 is 1.07 bits per heavy atom. The highest BCUT2D eigenvalue weighted by atomic mass is 35.5. The van der Waals surface area contributed by atoms with Crippen molar-refractivity contribution in [2.75, 3.05) is 6.54 Å². The number of rotatable bonds is 10. The van der Waals surface area contributed by atoms with Crippen LogP contribution in [0.1, 0.15) is 50.4 Å². The number of benzene rings is 2. The van der Waals surface area contributed by atoms with Crippen LogP contribution in [0.25, 0.3) is 11.0 Å². The van der Waals surface area contributed by atoms with Crippen molar-refractivity contribution in [2.24, 2.45) is 0 Å². The van der Waals surface area contributed by atoms with Gasteiger partial charge in [-0.3, -0.25) is 4.79 Å².